The third kappa shape index (κ3) is 4.91. The highest BCUT2D eigenvalue weighted by atomic mass is 32.2. The van der Waals surface area contributed by atoms with Crippen LogP contribution in [0.5, 0.6) is 0 Å². The van der Waals surface area contributed by atoms with Crippen LogP contribution in [0, 0.1) is 0 Å². The second-order valence-electron chi connectivity index (χ2n) is 8.86. The maximum Gasteiger partial charge on any atom is 0.325 e. The standard InChI is InChI=1S/C21H29N3O7S2/c1-5-14(2)24(16-10-11-33(30,31)13-16)18(25)12-23-19(26)21(3,22-20(23)27)15-6-8-17(9-7-15)32(4,28)29/h6-9,14,16H,5,10-13H2,1-4H3,(H,22,27)/t14-,16-,21+/m0/s1. The van der Waals surface area contributed by atoms with E-state index >= 15 is 0 Å². The van der Waals surface area contributed by atoms with E-state index < -0.39 is 55.6 Å². The van der Waals surface area contributed by atoms with Gasteiger partial charge in [0, 0.05) is 18.3 Å². The Hall–Kier alpha value is -2.47. The van der Waals surface area contributed by atoms with Gasteiger partial charge >= 0.3 is 6.03 Å². The molecule has 3 atom stereocenters. The molecule has 0 aliphatic carbocycles. The Labute approximate surface area is 194 Å². The highest BCUT2D eigenvalue weighted by molar-refractivity contribution is 7.91. The highest BCUT2D eigenvalue weighted by Crippen LogP contribution is 2.30. The number of hydrogen-bond donors (Lipinski definition) is 1. The zero-order valence-electron chi connectivity index (χ0n) is 19.1. The van der Waals surface area contributed by atoms with Gasteiger partial charge < -0.3 is 10.2 Å². The summed E-state index contributed by atoms with van der Waals surface area (Å²) < 4.78 is 47.3. The van der Waals surface area contributed by atoms with E-state index in [9.17, 15) is 31.2 Å². The molecule has 2 heterocycles. The predicted octanol–water partition coefficient (Wildman–Crippen LogP) is 0.671. The predicted molar refractivity (Wildman–Crippen MR) is 121 cm³/mol. The molecule has 1 aromatic carbocycles. The van der Waals surface area contributed by atoms with E-state index in [1.54, 1.807) is 0 Å². The molecule has 10 nitrogen and oxygen atoms in total. The van der Waals surface area contributed by atoms with Gasteiger partial charge in [-0.1, -0.05) is 19.1 Å². The molecule has 12 heteroatoms. The average Bonchev–Trinajstić information content (AvgIpc) is 3.19. The van der Waals surface area contributed by atoms with Gasteiger partial charge in [-0.3, -0.25) is 14.5 Å². The van der Waals surface area contributed by atoms with Gasteiger partial charge in [-0.15, -0.1) is 0 Å². The van der Waals surface area contributed by atoms with Crippen molar-refractivity contribution in [3.63, 3.8) is 0 Å². The zero-order valence-corrected chi connectivity index (χ0v) is 20.7. The van der Waals surface area contributed by atoms with Crippen LogP contribution in [0.2, 0.25) is 0 Å². The van der Waals surface area contributed by atoms with Gasteiger partial charge in [-0.05, 0) is 44.4 Å². The summed E-state index contributed by atoms with van der Waals surface area (Å²) in [6.45, 7) is 4.66. The number of imide groups is 1. The lowest BCUT2D eigenvalue weighted by Gasteiger charge is -2.34. The molecule has 1 aromatic rings. The molecule has 1 N–H and O–H groups in total. The summed E-state index contributed by atoms with van der Waals surface area (Å²) in [5.74, 6) is -1.27. The summed E-state index contributed by atoms with van der Waals surface area (Å²) in [6.07, 6.45) is 1.98. The van der Waals surface area contributed by atoms with Gasteiger partial charge in [0.2, 0.25) is 5.91 Å². The Morgan fingerprint density at radius 1 is 1.27 bits per heavy atom. The third-order valence-corrected chi connectivity index (χ3v) is 9.26. The largest absolute Gasteiger partial charge is 0.334 e. The lowest BCUT2D eigenvalue weighted by molar-refractivity contribution is -0.141. The topological polar surface area (TPSA) is 138 Å². The number of sulfone groups is 2. The summed E-state index contributed by atoms with van der Waals surface area (Å²) in [7, 11) is -6.66. The molecule has 2 aliphatic rings. The van der Waals surface area contributed by atoms with Crippen LogP contribution in [0.1, 0.15) is 39.2 Å². The van der Waals surface area contributed by atoms with Crippen molar-refractivity contribution >= 4 is 37.5 Å². The first-order chi connectivity index (χ1) is 15.2. The minimum absolute atomic E-state index is 0.00254. The van der Waals surface area contributed by atoms with E-state index in [4.69, 9.17) is 0 Å². The van der Waals surface area contributed by atoms with E-state index in [0.717, 1.165) is 11.2 Å². The molecule has 0 saturated carbocycles. The molecule has 0 spiro atoms. The van der Waals surface area contributed by atoms with Crippen molar-refractivity contribution in [3.05, 3.63) is 29.8 Å². The lowest BCUT2D eigenvalue weighted by Crippen LogP contribution is -2.51. The van der Waals surface area contributed by atoms with Gasteiger partial charge in [0.05, 0.1) is 16.4 Å². The SMILES string of the molecule is CC[C@H](C)N(C(=O)CN1C(=O)N[C@](C)(c2ccc(S(C)(=O)=O)cc2)C1=O)[C@H]1CCS(=O)(=O)C1. The fourth-order valence-electron chi connectivity index (χ4n) is 4.29. The molecule has 2 aliphatic heterocycles. The van der Waals surface area contributed by atoms with Crippen LogP contribution in [0.25, 0.3) is 0 Å². The Kier molecular flexibility index (Phi) is 6.64. The Morgan fingerprint density at radius 2 is 1.88 bits per heavy atom. The second kappa shape index (κ2) is 8.71. The third-order valence-electron chi connectivity index (χ3n) is 6.38. The average molecular weight is 500 g/mol. The van der Waals surface area contributed by atoms with E-state index in [1.165, 1.54) is 36.1 Å². The van der Waals surface area contributed by atoms with E-state index in [-0.39, 0.29) is 22.4 Å². The van der Waals surface area contributed by atoms with Crippen molar-refractivity contribution in [2.24, 2.45) is 0 Å². The number of benzene rings is 1. The number of amides is 4. The summed E-state index contributed by atoms with van der Waals surface area (Å²) in [4.78, 5) is 41.4. The molecule has 3 rings (SSSR count). The molecule has 2 fully saturated rings. The number of urea groups is 1. The maximum atomic E-state index is 13.2. The maximum absolute atomic E-state index is 13.2. The fourth-order valence-corrected chi connectivity index (χ4v) is 6.63. The molecular weight excluding hydrogens is 470 g/mol. The quantitative estimate of drug-likeness (QED) is 0.544. The van der Waals surface area contributed by atoms with E-state index in [0.29, 0.717) is 18.4 Å². The van der Waals surface area contributed by atoms with Crippen LogP contribution in [-0.4, -0.2) is 80.9 Å². The van der Waals surface area contributed by atoms with Crippen LogP contribution >= 0.6 is 0 Å². The van der Waals surface area contributed by atoms with Crippen molar-refractivity contribution in [2.75, 3.05) is 24.3 Å². The lowest BCUT2D eigenvalue weighted by atomic mass is 9.92. The molecule has 33 heavy (non-hydrogen) atoms. The van der Waals surface area contributed by atoms with Gasteiger partial charge in [0.1, 0.15) is 12.1 Å². The first-order valence-electron chi connectivity index (χ1n) is 10.7. The van der Waals surface area contributed by atoms with Crippen molar-refractivity contribution < 1.29 is 31.2 Å². The number of carbonyl (C=O) groups is 3. The number of hydrogen-bond acceptors (Lipinski definition) is 7. The molecule has 0 unspecified atom stereocenters. The molecule has 0 radical (unpaired) electrons. The number of nitrogens with zero attached hydrogens (tertiary/aromatic N) is 2. The normalized spacial score (nSPS) is 25.7. The molecule has 182 valence electrons. The van der Waals surface area contributed by atoms with Crippen molar-refractivity contribution in [2.45, 2.75) is 56.1 Å². The first-order valence-corrected chi connectivity index (χ1v) is 14.4. The molecule has 4 amide bonds. The summed E-state index contributed by atoms with van der Waals surface area (Å²) in [5, 5.41) is 2.60. The van der Waals surface area contributed by atoms with E-state index in [2.05, 4.69) is 5.32 Å². The van der Waals surface area contributed by atoms with Crippen LogP contribution < -0.4 is 5.32 Å². The van der Waals surface area contributed by atoms with Crippen molar-refractivity contribution in [3.8, 4) is 0 Å². The number of nitrogens with one attached hydrogen (secondary N) is 1. The number of rotatable bonds is 7. The van der Waals surface area contributed by atoms with Gasteiger partial charge in [-0.2, -0.15) is 0 Å². The Bertz CT molecular complexity index is 1180. The Morgan fingerprint density at radius 3 is 2.36 bits per heavy atom. The molecule has 0 aromatic heterocycles. The van der Waals surface area contributed by atoms with Crippen molar-refractivity contribution in [1.82, 2.24) is 15.1 Å². The summed E-state index contributed by atoms with van der Waals surface area (Å²) >= 11 is 0. The summed E-state index contributed by atoms with van der Waals surface area (Å²) in [5.41, 5.74) is -1.09. The van der Waals surface area contributed by atoms with Gasteiger partial charge in [0.25, 0.3) is 5.91 Å². The zero-order chi connectivity index (χ0) is 24.8. The van der Waals surface area contributed by atoms with Crippen LogP contribution in [-0.2, 0) is 34.8 Å². The van der Waals surface area contributed by atoms with Crippen molar-refractivity contribution in [1.29, 1.82) is 0 Å². The first kappa shape index (κ1) is 25.2. The van der Waals surface area contributed by atoms with Gasteiger partial charge in [0.15, 0.2) is 19.7 Å². The molecule has 0 bridgehead atoms. The van der Waals surface area contributed by atoms with Crippen LogP contribution in [0.3, 0.4) is 0 Å². The minimum Gasteiger partial charge on any atom is -0.334 e. The monoisotopic (exact) mass is 499 g/mol. The minimum atomic E-state index is -3.43. The highest BCUT2D eigenvalue weighted by Gasteiger charge is 2.50. The number of carbonyl (C=O) groups excluding carboxylic acids is 3. The van der Waals surface area contributed by atoms with Gasteiger partial charge in [-0.25, -0.2) is 21.6 Å². The molecule has 2 saturated heterocycles. The van der Waals surface area contributed by atoms with Crippen LogP contribution in [0.15, 0.2) is 29.2 Å². The van der Waals surface area contributed by atoms with Crippen LogP contribution in [0.4, 0.5) is 4.79 Å². The summed E-state index contributed by atoms with van der Waals surface area (Å²) in [6, 6.07) is 4.12. The van der Waals surface area contributed by atoms with E-state index in [1.807, 2.05) is 13.8 Å². The smallest absolute Gasteiger partial charge is 0.325 e. The molecular formula is C21H29N3O7S2. The Balaban J connectivity index is 1.83. The second-order valence-corrected chi connectivity index (χ2v) is 13.1. The fraction of sp³-hybridized carbons (Fsp3) is 0.571.